The minimum absolute atomic E-state index is 0.0126. The second-order valence-electron chi connectivity index (χ2n) is 4.06. The van der Waals surface area contributed by atoms with E-state index in [2.05, 4.69) is 0 Å². The maximum absolute atomic E-state index is 11.8. The van der Waals surface area contributed by atoms with Crippen LogP contribution in [-0.4, -0.2) is 54.9 Å². The fraction of sp³-hybridized carbons (Fsp3) is 0.778. The number of nitrogens with zero attached hydrogens (tertiary/aromatic N) is 1. The van der Waals surface area contributed by atoms with Crippen LogP contribution in [0.4, 0.5) is 0 Å². The topological polar surface area (TPSA) is 91.8 Å². The van der Waals surface area contributed by atoms with Gasteiger partial charge in [-0.1, -0.05) is 0 Å². The van der Waals surface area contributed by atoms with Gasteiger partial charge in [-0.05, 0) is 13.3 Å². The highest BCUT2D eigenvalue weighted by Gasteiger charge is 2.36. The average molecular weight is 249 g/mol. The molecule has 0 spiro atoms. The lowest BCUT2D eigenvalue weighted by atomic mass is 10.1. The van der Waals surface area contributed by atoms with Crippen LogP contribution >= 0.6 is 0 Å². The van der Waals surface area contributed by atoms with Crippen LogP contribution in [0.5, 0.6) is 0 Å². The molecule has 0 bridgehead atoms. The van der Waals surface area contributed by atoms with E-state index in [-0.39, 0.29) is 17.9 Å². The van der Waals surface area contributed by atoms with Crippen molar-refractivity contribution in [2.75, 3.05) is 18.6 Å². The van der Waals surface area contributed by atoms with E-state index in [0.29, 0.717) is 0 Å². The molecule has 1 rings (SSSR count). The number of hydrogen-bond acceptors (Lipinski definition) is 4. The third-order valence-electron chi connectivity index (χ3n) is 2.87. The highest BCUT2D eigenvalue weighted by atomic mass is 32.2. The molecule has 92 valence electrons. The number of carbonyl (C=O) groups excluding carboxylic acids is 1. The predicted octanol–water partition coefficient (Wildman–Crippen LogP) is -0.647. The molecule has 16 heavy (non-hydrogen) atoms. The zero-order valence-corrected chi connectivity index (χ0v) is 10.0. The standard InChI is InChI=1S/C9H15NO5S/c1-6(9(12)13)10(2)8(11)7-3-4-16(14,15)5-7/h6-7H,3-5H2,1-2H3,(H,12,13). The lowest BCUT2D eigenvalue weighted by molar-refractivity contribution is -0.149. The Bertz CT molecular complexity index is 402. The summed E-state index contributed by atoms with van der Waals surface area (Å²) in [6, 6.07) is -0.934. The summed E-state index contributed by atoms with van der Waals surface area (Å²) in [5.74, 6) is -2.24. The molecule has 1 aliphatic rings. The van der Waals surface area contributed by atoms with Crippen molar-refractivity contribution in [3.8, 4) is 0 Å². The monoisotopic (exact) mass is 249 g/mol. The number of hydrogen-bond donors (Lipinski definition) is 1. The van der Waals surface area contributed by atoms with Gasteiger partial charge in [0.05, 0.1) is 17.4 Å². The summed E-state index contributed by atoms with van der Waals surface area (Å²) in [5, 5.41) is 8.73. The van der Waals surface area contributed by atoms with Crippen LogP contribution in [0.15, 0.2) is 0 Å². The number of likely N-dealkylation sites (N-methyl/N-ethyl adjacent to an activating group) is 1. The number of sulfone groups is 1. The van der Waals surface area contributed by atoms with E-state index in [1.165, 1.54) is 14.0 Å². The Hall–Kier alpha value is -1.11. The van der Waals surface area contributed by atoms with Gasteiger partial charge in [-0.25, -0.2) is 13.2 Å². The highest BCUT2D eigenvalue weighted by Crippen LogP contribution is 2.21. The first kappa shape index (κ1) is 13.0. The summed E-state index contributed by atoms with van der Waals surface area (Å²) in [5.41, 5.74) is 0. The molecule has 2 atom stereocenters. The summed E-state index contributed by atoms with van der Waals surface area (Å²) in [4.78, 5) is 23.5. The molecule has 0 aliphatic carbocycles. The van der Waals surface area contributed by atoms with Gasteiger partial charge >= 0.3 is 5.97 Å². The molecule has 1 fully saturated rings. The molecule has 1 N–H and O–H groups in total. The van der Waals surface area contributed by atoms with E-state index < -0.39 is 33.7 Å². The van der Waals surface area contributed by atoms with E-state index in [0.717, 1.165) is 4.90 Å². The SMILES string of the molecule is CC(C(=O)O)N(C)C(=O)C1CCS(=O)(=O)C1. The van der Waals surface area contributed by atoms with Gasteiger partial charge in [0.15, 0.2) is 9.84 Å². The minimum atomic E-state index is -3.11. The van der Waals surface area contributed by atoms with Gasteiger partial charge in [0.25, 0.3) is 0 Å². The van der Waals surface area contributed by atoms with Crippen LogP contribution < -0.4 is 0 Å². The molecule has 1 amide bonds. The Balaban J connectivity index is 2.69. The maximum atomic E-state index is 11.8. The summed E-state index contributed by atoms with van der Waals surface area (Å²) < 4.78 is 22.4. The molecule has 6 nitrogen and oxygen atoms in total. The number of carboxylic acid groups (broad SMARTS) is 1. The molecule has 0 radical (unpaired) electrons. The van der Waals surface area contributed by atoms with Crippen LogP contribution in [0.1, 0.15) is 13.3 Å². The van der Waals surface area contributed by atoms with Crippen molar-refractivity contribution < 1.29 is 23.1 Å². The molecule has 0 aromatic heterocycles. The van der Waals surface area contributed by atoms with Crippen molar-refractivity contribution >= 4 is 21.7 Å². The lowest BCUT2D eigenvalue weighted by Gasteiger charge is -2.24. The molecule has 1 saturated heterocycles. The second-order valence-corrected chi connectivity index (χ2v) is 6.29. The van der Waals surface area contributed by atoms with E-state index in [9.17, 15) is 18.0 Å². The van der Waals surface area contributed by atoms with Gasteiger partial charge in [0.1, 0.15) is 6.04 Å². The molecule has 2 unspecified atom stereocenters. The first-order chi connectivity index (χ1) is 7.24. The molecule has 1 aliphatic heterocycles. The average Bonchev–Trinajstić information content (AvgIpc) is 2.55. The quantitative estimate of drug-likeness (QED) is 0.717. The van der Waals surface area contributed by atoms with Crippen molar-refractivity contribution in [1.82, 2.24) is 4.90 Å². The van der Waals surface area contributed by atoms with Crippen molar-refractivity contribution in [3.63, 3.8) is 0 Å². The maximum Gasteiger partial charge on any atom is 0.326 e. The number of aliphatic carboxylic acids is 1. The van der Waals surface area contributed by atoms with Crippen LogP contribution in [0, 0.1) is 5.92 Å². The number of rotatable bonds is 3. The third-order valence-corrected chi connectivity index (χ3v) is 4.64. The fourth-order valence-corrected chi connectivity index (χ4v) is 3.37. The third kappa shape index (κ3) is 2.72. The van der Waals surface area contributed by atoms with Gasteiger partial charge in [-0.2, -0.15) is 0 Å². The molecular formula is C9H15NO5S. The number of carbonyl (C=O) groups is 2. The van der Waals surface area contributed by atoms with Crippen molar-refractivity contribution in [1.29, 1.82) is 0 Å². The molecular weight excluding hydrogens is 234 g/mol. The Labute approximate surface area is 94.2 Å². The van der Waals surface area contributed by atoms with Crippen LogP contribution in [0.25, 0.3) is 0 Å². The van der Waals surface area contributed by atoms with Gasteiger partial charge in [0, 0.05) is 7.05 Å². The Morgan fingerprint density at radius 2 is 2.00 bits per heavy atom. The van der Waals surface area contributed by atoms with E-state index in [1.54, 1.807) is 0 Å². The first-order valence-corrected chi connectivity index (χ1v) is 6.76. The largest absolute Gasteiger partial charge is 0.480 e. The van der Waals surface area contributed by atoms with E-state index in [1.807, 2.05) is 0 Å². The van der Waals surface area contributed by atoms with Gasteiger partial charge in [0.2, 0.25) is 5.91 Å². The van der Waals surface area contributed by atoms with E-state index in [4.69, 9.17) is 5.11 Å². The normalized spacial score (nSPS) is 25.0. The van der Waals surface area contributed by atoms with Gasteiger partial charge in [-0.15, -0.1) is 0 Å². The van der Waals surface area contributed by atoms with Crippen LogP contribution in [0.3, 0.4) is 0 Å². The lowest BCUT2D eigenvalue weighted by Crippen LogP contribution is -2.43. The molecule has 1 heterocycles. The fourth-order valence-electron chi connectivity index (χ4n) is 1.63. The van der Waals surface area contributed by atoms with Gasteiger partial charge in [-0.3, -0.25) is 4.79 Å². The van der Waals surface area contributed by atoms with Gasteiger partial charge < -0.3 is 10.0 Å². The number of carboxylic acids is 1. The Morgan fingerprint density at radius 1 is 1.44 bits per heavy atom. The molecule has 7 heteroatoms. The second kappa shape index (κ2) is 4.40. The summed E-state index contributed by atoms with van der Waals surface area (Å²) in [6.45, 7) is 1.39. The molecule has 0 aromatic rings. The van der Waals surface area contributed by atoms with Crippen LogP contribution in [0.2, 0.25) is 0 Å². The minimum Gasteiger partial charge on any atom is -0.480 e. The van der Waals surface area contributed by atoms with E-state index >= 15 is 0 Å². The molecule has 0 aromatic carbocycles. The smallest absolute Gasteiger partial charge is 0.326 e. The highest BCUT2D eigenvalue weighted by molar-refractivity contribution is 7.91. The number of amides is 1. The Kier molecular flexibility index (Phi) is 3.57. The first-order valence-electron chi connectivity index (χ1n) is 4.94. The summed E-state index contributed by atoms with van der Waals surface area (Å²) >= 11 is 0. The zero-order valence-electron chi connectivity index (χ0n) is 9.21. The van der Waals surface area contributed by atoms with Crippen LogP contribution in [-0.2, 0) is 19.4 Å². The van der Waals surface area contributed by atoms with Crippen molar-refractivity contribution in [2.24, 2.45) is 5.92 Å². The zero-order chi connectivity index (χ0) is 12.5. The van der Waals surface area contributed by atoms with Crippen molar-refractivity contribution in [3.05, 3.63) is 0 Å². The predicted molar refractivity (Wildman–Crippen MR) is 56.6 cm³/mol. The summed E-state index contributed by atoms with van der Waals surface area (Å²) in [6.07, 6.45) is 0.290. The molecule has 0 saturated carbocycles. The van der Waals surface area contributed by atoms with Crippen molar-refractivity contribution in [2.45, 2.75) is 19.4 Å². The Morgan fingerprint density at radius 3 is 2.38 bits per heavy atom. The summed E-state index contributed by atoms with van der Waals surface area (Å²) in [7, 11) is -1.73.